The van der Waals surface area contributed by atoms with Gasteiger partial charge in [0.2, 0.25) is 0 Å². The summed E-state index contributed by atoms with van der Waals surface area (Å²) in [7, 11) is 0. The zero-order valence-corrected chi connectivity index (χ0v) is 20.0. The summed E-state index contributed by atoms with van der Waals surface area (Å²) >= 11 is 5.00. The van der Waals surface area contributed by atoms with E-state index in [-0.39, 0.29) is 12.5 Å². The Balaban J connectivity index is 1.42. The minimum atomic E-state index is -0.273. The molecule has 2 aromatic carbocycles. The van der Waals surface area contributed by atoms with Crippen molar-refractivity contribution in [1.82, 2.24) is 4.98 Å². The summed E-state index contributed by atoms with van der Waals surface area (Å²) in [5.41, 5.74) is 3.61. The average Bonchev–Trinajstić information content (AvgIpc) is 3.25. The summed E-state index contributed by atoms with van der Waals surface area (Å²) < 4.78 is 6.44. The number of nitrogens with one attached hydrogen (secondary N) is 1. The van der Waals surface area contributed by atoms with Gasteiger partial charge in [-0.05, 0) is 30.7 Å². The van der Waals surface area contributed by atoms with E-state index < -0.39 is 0 Å². The van der Waals surface area contributed by atoms with E-state index in [1.54, 1.807) is 17.6 Å². The maximum Gasteiger partial charge on any atom is 0.265 e. The number of nitrogens with zero attached hydrogens (tertiary/aromatic N) is 3. The Morgan fingerprint density at radius 3 is 2.81 bits per heavy atom. The molecule has 0 bridgehead atoms. The maximum absolute atomic E-state index is 12.2. The van der Waals surface area contributed by atoms with Gasteiger partial charge >= 0.3 is 0 Å². The predicted molar refractivity (Wildman–Crippen MR) is 132 cm³/mol. The molecule has 3 aromatic rings. The number of hydrogen-bond acceptors (Lipinski definition) is 7. The Hall–Kier alpha value is -2.75. The third kappa shape index (κ3) is 5.73. The summed E-state index contributed by atoms with van der Waals surface area (Å²) in [6.45, 7) is 4.79. The average molecular weight is 515 g/mol. The number of rotatable bonds is 7. The molecule has 0 spiro atoms. The van der Waals surface area contributed by atoms with Crippen molar-refractivity contribution in [1.29, 1.82) is 0 Å². The van der Waals surface area contributed by atoms with Crippen molar-refractivity contribution in [3.63, 3.8) is 0 Å². The number of halogens is 1. The fourth-order valence-corrected chi connectivity index (χ4v) is 4.45. The molecule has 7 nitrogen and oxygen atoms in total. The number of oxime groups is 1. The largest absolute Gasteiger partial charge is 0.386 e. The van der Waals surface area contributed by atoms with Crippen molar-refractivity contribution in [3.05, 3.63) is 63.4 Å². The van der Waals surface area contributed by atoms with Crippen molar-refractivity contribution in [2.24, 2.45) is 5.16 Å². The fourth-order valence-electron chi connectivity index (χ4n) is 3.20. The first-order chi connectivity index (χ1) is 15.6. The van der Waals surface area contributed by atoms with E-state index in [0.717, 1.165) is 44.4 Å². The number of hydrogen-bond donors (Lipinski definition) is 1. The minimum absolute atomic E-state index is 0.179. The van der Waals surface area contributed by atoms with E-state index in [4.69, 9.17) is 14.6 Å². The van der Waals surface area contributed by atoms with Crippen LogP contribution in [0.1, 0.15) is 10.4 Å². The van der Waals surface area contributed by atoms with Gasteiger partial charge in [0.15, 0.2) is 11.7 Å². The number of benzene rings is 2. The molecule has 0 aliphatic carbocycles. The summed E-state index contributed by atoms with van der Waals surface area (Å²) in [5, 5.41) is 7.77. The molecule has 2 heterocycles. The van der Waals surface area contributed by atoms with Crippen LogP contribution in [-0.4, -0.2) is 50.0 Å². The lowest BCUT2D eigenvalue weighted by molar-refractivity contribution is -0.120. The first kappa shape index (κ1) is 22.4. The standard InChI is InChI=1S/C23H23BrN4O3S/c1-16-13-18(7-8-19(16)24)26-21(29)15-31-25-14-20-22(17-5-3-2-4-6-17)27-23(32-20)28-9-11-30-12-10-28/h2-8,13-14H,9-12,15H2,1H3,(H,26,29)/b25-14+. The SMILES string of the molecule is Cc1cc(NC(=O)CO/N=C/c2sc(N3CCOCC3)nc2-c2ccccc2)ccc1Br. The molecule has 1 aliphatic rings. The molecular weight excluding hydrogens is 492 g/mol. The Morgan fingerprint density at radius 1 is 1.28 bits per heavy atom. The van der Waals surface area contributed by atoms with Gasteiger partial charge in [0.05, 0.1) is 30.0 Å². The van der Waals surface area contributed by atoms with Crippen LogP contribution in [0.15, 0.2) is 58.2 Å². The molecule has 1 N–H and O–H groups in total. The number of anilines is 2. The molecule has 0 radical (unpaired) electrons. The van der Waals surface area contributed by atoms with Crippen LogP contribution in [0, 0.1) is 6.92 Å². The number of ether oxygens (including phenoxy) is 1. The molecule has 0 unspecified atom stereocenters. The van der Waals surface area contributed by atoms with E-state index in [9.17, 15) is 4.79 Å². The zero-order chi connectivity index (χ0) is 22.3. The second-order valence-electron chi connectivity index (χ2n) is 7.19. The zero-order valence-electron chi connectivity index (χ0n) is 17.6. The normalized spacial score (nSPS) is 14.0. The number of aryl methyl sites for hydroxylation is 1. The van der Waals surface area contributed by atoms with Crippen molar-refractivity contribution in [2.45, 2.75) is 6.92 Å². The summed E-state index contributed by atoms with van der Waals surface area (Å²) in [5.74, 6) is -0.273. The van der Waals surface area contributed by atoms with Crippen LogP contribution in [0.2, 0.25) is 0 Å². The molecule has 166 valence electrons. The van der Waals surface area contributed by atoms with Crippen LogP contribution in [0.4, 0.5) is 10.8 Å². The Bertz CT molecular complexity index is 1100. The van der Waals surface area contributed by atoms with Gasteiger partial charge in [-0.15, -0.1) is 0 Å². The van der Waals surface area contributed by atoms with Gasteiger partial charge < -0.3 is 19.8 Å². The fraction of sp³-hybridized carbons (Fsp3) is 0.261. The van der Waals surface area contributed by atoms with Crippen molar-refractivity contribution in [2.75, 3.05) is 43.1 Å². The molecule has 0 atom stereocenters. The molecule has 9 heteroatoms. The van der Waals surface area contributed by atoms with E-state index in [1.165, 1.54) is 0 Å². The van der Waals surface area contributed by atoms with Crippen LogP contribution >= 0.6 is 27.3 Å². The number of aromatic nitrogens is 1. The topological polar surface area (TPSA) is 76.0 Å². The first-order valence-corrected chi connectivity index (χ1v) is 11.8. The van der Waals surface area contributed by atoms with Crippen LogP contribution in [-0.2, 0) is 14.4 Å². The second-order valence-corrected chi connectivity index (χ2v) is 9.06. The smallest absolute Gasteiger partial charge is 0.265 e. The highest BCUT2D eigenvalue weighted by atomic mass is 79.9. The second kappa shape index (κ2) is 10.7. The van der Waals surface area contributed by atoms with Gasteiger partial charge in [-0.2, -0.15) is 0 Å². The van der Waals surface area contributed by atoms with Crippen molar-refractivity contribution >= 4 is 50.2 Å². The van der Waals surface area contributed by atoms with Gasteiger partial charge in [0.1, 0.15) is 0 Å². The lowest BCUT2D eigenvalue weighted by atomic mass is 10.1. The number of amides is 1. The maximum atomic E-state index is 12.2. The molecule has 4 rings (SSSR count). The lowest BCUT2D eigenvalue weighted by Crippen LogP contribution is -2.36. The van der Waals surface area contributed by atoms with Gasteiger partial charge in [0, 0.05) is 28.8 Å². The van der Waals surface area contributed by atoms with Crippen LogP contribution < -0.4 is 10.2 Å². The van der Waals surface area contributed by atoms with E-state index in [2.05, 4.69) is 31.3 Å². The number of morpholine rings is 1. The van der Waals surface area contributed by atoms with Crippen molar-refractivity contribution < 1.29 is 14.4 Å². The third-order valence-electron chi connectivity index (χ3n) is 4.85. The predicted octanol–water partition coefficient (Wildman–Crippen LogP) is 4.71. The minimum Gasteiger partial charge on any atom is -0.386 e. The number of carbonyl (C=O) groups is 1. The van der Waals surface area contributed by atoms with Crippen LogP contribution in [0.3, 0.4) is 0 Å². The summed E-state index contributed by atoms with van der Waals surface area (Å²) in [6, 6.07) is 15.6. The van der Waals surface area contributed by atoms with Gasteiger partial charge in [-0.3, -0.25) is 4.79 Å². The highest BCUT2D eigenvalue weighted by Crippen LogP contribution is 2.32. The number of carbonyl (C=O) groups excluding carboxylic acids is 1. The van der Waals surface area contributed by atoms with E-state index in [0.29, 0.717) is 18.9 Å². The molecule has 1 aromatic heterocycles. The quantitative estimate of drug-likeness (QED) is 0.365. The van der Waals surface area contributed by atoms with Gasteiger partial charge in [-0.25, -0.2) is 4.98 Å². The third-order valence-corrected chi connectivity index (χ3v) is 6.79. The van der Waals surface area contributed by atoms with E-state index >= 15 is 0 Å². The molecule has 0 saturated carbocycles. The highest BCUT2D eigenvalue weighted by molar-refractivity contribution is 9.10. The molecule has 1 fully saturated rings. The Morgan fingerprint density at radius 2 is 2.06 bits per heavy atom. The highest BCUT2D eigenvalue weighted by Gasteiger charge is 2.19. The number of thiazole rings is 1. The first-order valence-electron chi connectivity index (χ1n) is 10.2. The molecule has 1 aliphatic heterocycles. The van der Waals surface area contributed by atoms with Crippen LogP contribution in [0.25, 0.3) is 11.3 Å². The lowest BCUT2D eigenvalue weighted by Gasteiger charge is -2.26. The summed E-state index contributed by atoms with van der Waals surface area (Å²) in [4.78, 5) is 25.4. The van der Waals surface area contributed by atoms with Gasteiger partial charge in [0.25, 0.3) is 5.91 Å². The molecule has 32 heavy (non-hydrogen) atoms. The molecule has 1 amide bonds. The van der Waals surface area contributed by atoms with Gasteiger partial charge in [-0.1, -0.05) is 62.8 Å². The summed E-state index contributed by atoms with van der Waals surface area (Å²) in [6.07, 6.45) is 1.63. The molecule has 1 saturated heterocycles. The molecular formula is C23H23BrN4O3S. The Kier molecular flexibility index (Phi) is 7.51. The monoisotopic (exact) mass is 514 g/mol. The van der Waals surface area contributed by atoms with Crippen molar-refractivity contribution in [3.8, 4) is 11.3 Å². The van der Waals surface area contributed by atoms with Crippen LogP contribution in [0.5, 0.6) is 0 Å². The van der Waals surface area contributed by atoms with E-state index in [1.807, 2.05) is 55.5 Å². The Labute approximate surface area is 199 Å².